The summed E-state index contributed by atoms with van der Waals surface area (Å²) in [6.07, 6.45) is 2.58. The second kappa shape index (κ2) is 6.64. The zero-order valence-corrected chi connectivity index (χ0v) is 12.5. The number of halogens is 2. The van der Waals surface area contributed by atoms with E-state index in [1.54, 1.807) is 6.07 Å². The van der Waals surface area contributed by atoms with E-state index in [2.05, 4.69) is 22.1 Å². The zero-order chi connectivity index (χ0) is 13.8. The van der Waals surface area contributed by atoms with Crippen molar-refractivity contribution in [2.24, 2.45) is 5.92 Å². The van der Waals surface area contributed by atoms with Gasteiger partial charge in [0.1, 0.15) is 10.8 Å². The van der Waals surface area contributed by atoms with Crippen LogP contribution in [0, 0.1) is 5.92 Å². The Morgan fingerprint density at radius 3 is 2.74 bits per heavy atom. The molecule has 106 valence electrons. The Hall–Kier alpha value is -0.710. The van der Waals surface area contributed by atoms with Crippen molar-refractivity contribution in [3.05, 3.63) is 21.9 Å². The van der Waals surface area contributed by atoms with Crippen LogP contribution in [0.2, 0.25) is 10.2 Å². The first-order valence-electron chi connectivity index (χ1n) is 6.61. The second-order valence-electron chi connectivity index (χ2n) is 5.17. The van der Waals surface area contributed by atoms with E-state index in [1.807, 2.05) is 0 Å². The van der Waals surface area contributed by atoms with Gasteiger partial charge >= 0.3 is 0 Å². The molecule has 1 atom stereocenters. The number of nitrogens with one attached hydrogen (secondary N) is 2. The minimum absolute atomic E-state index is 0.165. The number of likely N-dealkylation sites (tertiary alicyclic amines) is 1. The molecule has 1 unspecified atom stereocenters. The number of amides is 1. The molecular weight excluding hydrogens is 285 g/mol. The van der Waals surface area contributed by atoms with Crippen LogP contribution in [0.1, 0.15) is 30.3 Å². The first-order valence-corrected chi connectivity index (χ1v) is 7.36. The molecule has 0 radical (unpaired) electrons. The Labute approximate surface area is 123 Å². The van der Waals surface area contributed by atoms with E-state index in [0.29, 0.717) is 28.3 Å². The Kier molecular flexibility index (Phi) is 5.13. The predicted octanol–water partition coefficient (Wildman–Crippen LogP) is 2.78. The molecule has 1 aromatic rings. The lowest BCUT2D eigenvalue weighted by molar-refractivity contribution is 0.0940. The van der Waals surface area contributed by atoms with Gasteiger partial charge in [-0.3, -0.25) is 4.79 Å². The zero-order valence-electron chi connectivity index (χ0n) is 11.0. The SMILES string of the molecule is CC(CNC(=O)c1cc(Cl)c(Cl)[nH]1)CN1CCCC1. The minimum atomic E-state index is -0.165. The number of rotatable bonds is 5. The molecule has 0 aromatic carbocycles. The van der Waals surface area contributed by atoms with Gasteiger partial charge in [-0.2, -0.15) is 0 Å². The number of hydrogen-bond acceptors (Lipinski definition) is 2. The molecule has 0 bridgehead atoms. The summed E-state index contributed by atoms with van der Waals surface area (Å²) in [6.45, 7) is 6.20. The van der Waals surface area contributed by atoms with Crippen molar-refractivity contribution in [1.82, 2.24) is 15.2 Å². The average Bonchev–Trinajstić information content (AvgIpc) is 2.98. The van der Waals surface area contributed by atoms with Gasteiger partial charge in [-0.1, -0.05) is 30.1 Å². The third-order valence-electron chi connectivity index (χ3n) is 3.35. The van der Waals surface area contributed by atoms with Gasteiger partial charge in [0.2, 0.25) is 0 Å². The molecule has 2 rings (SSSR count). The highest BCUT2D eigenvalue weighted by Gasteiger charge is 2.16. The molecule has 2 N–H and O–H groups in total. The highest BCUT2D eigenvalue weighted by Crippen LogP contribution is 2.21. The standard InChI is InChI=1S/C13H19Cl2N3O/c1-9(8-18-4-2-3-5-18)7-16-13(19)11-6-10(14)12(15)17-11/h6,9,17H,2-5,7-8H2,1H3,(H,16,19). The molecule has 1 saturated heterocycles. The van der Waals surface area contributed by atoms with Gasteiger partial charge in [0.15, 0.2) is 0 Å². The summed E-state index contributed by atoms with van der Waals surface area (Å²) in [5.41, 5.74) is 0.406. The van der Waals surface area contributed by atoms with Crippen LogP contribution in [0.3, 0.4) is 0 Å². The van der Waals surface area contributed by atoms with Crippen LogP contribution in [-0.4, -0.2) is 42.0 Å². The van der Waals surface area contributed by atoms with Crippen molar-refractivity contribution in [3.8, 4) is 0 Å². The summed E-state index contributed by atoms with van der Waals surface area (Å²) in [5.74, 6) is 0.269. The van der Waals surface area contributed by atoms with Crippen LogP contribution in [-0.2, 0) is 0 Å². The Morgan fingerprint density at radius 2 is 2.16 bits per heavy atom. The number of nitrogens with zero attached hydrogens (tertiary/aromatic N) is 1. The van der Waals surface area contributed by atoms with E-state index in [9.17, 15) is 4.79 Å². The van der Waals surface area contributed by atoms with Gasteiger partial charge in [-0.05, 0) is 37.9 Å². The fourth-order valence-electron chi connectivity index (χ4n) is 2.36. The first kappa shape index (κ1) is 14.7. The number of aromatic nitrogens is 1. The number of aromatic amines is 1. The van der Waals surface area contributed by atoms with Gasteiger partial charge in [-0.25, -0.2) is 0 Å². The molecule has 6 heteroatoms. The molecule has 0 aliphatic carbocycles. The molecule has 0 saturated carbocycles. The predicted molar refractivity (Wildman–Crippen MR) is 78.0 cm³/mol. The normalized spacial score (nSPS) is 17.6. The summed E-state index contributed by atoms with van der Waals surface area (Å²) >= 11 is 11.6. The van der Waals surface area contributed by atoms with Crippen molar-refractivity contribution in [2.75, 3.05) is 26.2 Å². The smallest absolute Gasteiger partial charge is 0.267 e. The lowest BCUT2D eigenvalue weighted by Gasteiger charge is -2.20. The number of carbonyl (C=O) groups is 1. The number of H-pyrrole nitrogens is 1. The average molecular weight is 304 g/mol. The van der Waals surface area contributed by atoms with Crippen LogP contribution in [0.4, 0.5) is 0 Å². The van der Waals surface area contributed by atoms with Crippen molar-refractivity contribution >= 4 is 29.1 Å². The van der Waals surface area contributed by atoms with E-state index >= 15 is 0 Å². The Morgan fingerprint density at radius 1 is 1.47 bits per heavy atom. The summed E-state index contributed by atoms with van der Waals surface area (Å²) in [7, 11) is 0. The molecular formula is C13H19Cl2N3O. The van der Waals surface area contributed by atoms with Crippen molar-refractivity contribution in [3.63, 3.8) is 0 Å². The minimum Gasteiger partial charge on any atom is -0.350 e. The van der Waals surface area contributed by atoms with E-state index in [-0.39, 0.29) is 5.91 Å². The Balaban J connectivity index is 1.76. The van der Waals surface area contributed by atoms with Gasteiger partial charge in [0.05, 0.1) is 5.02 Å². The molecule has 1 aromatic heterocycles. The van der Waals surface area contributed by atoms with Gasteiger partial charge in [0.25, 0.3) is 5.91 Å². The third-order valence-corrected chi connectivity index (χ3v) is 4.04. The number of carbonyl (C=O) groups excluding carboxylic acids is 1. The largest absolute Gasteiger partial charge is 0.350 e. The summed E-state index contributed by atoms with van der Waals surface area (Å²) in [4.78, 5) is 17.1. The van der Waals surface area contributed by atoms with Gasteiger partial charge in [-0.15, -0.1) is 0 Å². The maximum atomic E-state index is 11.9. The summed E-state index contributed by atoms with van der Waals surface area (Å²) in [5, 5.41) is 3.57. The van der Waals surface area contributed by atoms with Crippen molar-refractivity contribution in [1.29, 1.82) is 0 Å². The summed E-state index contributed by atoms with van der Waals surface area (Å²) < 4.78 is 0. The van der Waals surface area contributed by atoms with Crippen LogP contribution in [0.5, 0.6) is 0 Å². The van der Waals surface area contributed by atoms with Crippen molar-refractivity contribution < 1.29 is 4.79 Å². The topological polar surface area (TPSA) is 48.1 Å². The molecule has 19 heavy (non-hydrogen) atoms. The van der Waals surface area contributed by atoms with Crippen LogP contribution in [0.25, 0.3) is 0 Å². The fourth-order valence-corrected chi connectivity index (χ4v) is 2.67. The summed E-state index contributed by atoms with van der Waals surface area (Å²) in [6, 6.07) is 1.55. The molecule has 1 aliphatic rings. The second-order valence-corrected chi connectivity index (χ2v) is 5.95. The lowest BCUT2D eigenvalue weighted by Crippen LogP contribution is -2.34. The lowest BCUT2D eigenvalue weighted by atomic mass is 10.1. The third kappa shape index (κ3) is 4.13. The molecule has 1 amide bonds. The van der Waals surface area contributed by atoms with Gasteiger partial charge < -0.3 is 15.2 Å². The van der Waals surface area contributed by atoms with Crippen LogP contribution in [0.15, 0.2) is 6.07 Å². The van der Waals surface area contributed by atoms with Crippen LogP contribution >= 0.6 is 23.2 Å². The van der Waals surface area contributed by atoms with Gasteiger partial charge in [0, 0.05) is 13.1 Å². The van der Waals surface area contributed by atoms with E-state index in [1.165, 1.54) is 25.9 Å². The van der Waals surface area contributed by atoms with E-state index in [4.69, 9.17) is 23.2 Å². The van der Waals surface area contributed by atoms with Crippen LogP contribution < -0.4 is 5.32 Å². The highest BCUT2D eigenvalue weighted by molar-refractivity contribution is 6.41. The molecule has 0 spiro atoms. The maximum Gasteiger partial charge on any atom is 0.267 e. The number of hydrogen-bond donors (Lipinski definition) is 2. The quantitative estimate of drug-likeness (QED) is 0.879. The molecule has 2 heterocycles. The monoisotopic (exact) mass is 303 g/mol. The molecule has 4 nitrogen and oxygen atoms in total. The first-order chi connectivity index (χ1) is 9.06. The molecule has 1 aliphatic heterocycles. The fraction of sp³-hybridized carbons (Fsp3) is 0.615. The van der Waals surface area contributed by atoms with E-state index < -0.39 is 0 Å². The van der Waals surface area contributed by atoms with E-state index in [0.717, 1.165) is 6.54 Å². The maximum absolute atomic E-state index is 11.9. The van der Waals surface area contributed by atoms with Crippen molar-refractivity contribution in [2.45, 2.75) is 19.8 Å². The molecule has 1 fully saturated rings. The Bertz CT molecular complexity index is 422. The highest BCUT2D eigenvalue weighted by atomic mass is 35.5.